The maximum absolute atomic E-state index is 11.1. The van der Waals surface area contributed by atoms with Crippen LogP contribution < -0.4 is 11.1 Å². The fraction of sp³-hybridized carbons (Fsp3) is 0.900. The Morgan fingerprint density at radius 2 is 2.21 bits per heavy atom. The van der Waals surface area contributed by atoms with Gasteiger partial charge in [-0.25, -0.2) is 0 Å². The maximum Gasteiger partial charge on any atom is 0.221 e. The SMILES string of the molecule is CCNC(=O)CCN(C)CC(C)CN. The number of nitrogens with two attached hydrogens (primary N) is 1. The van der Waals surface area contributed by atoms with Gasteiger partial charge in [-0.1, -0.05) is 6.92 Å². The van der Waals surface area contributed by atoms with Gasteiger partial charge in [0.2, 0.25) is 5.91 Å². The summed E-state index contributed by atoms with van der Waals surface area (Å²) in [5.41, 5.74) is 5.52. The third-order valence-corrected chi connectivity index (χ3v) is 2.12. The lowest BCUT2D eigenvalue weighted by Crippen LogP contribution is -2.32. The Bertz CT molecular complexity index is 161. The first-order chi connectivity index (χ1) is 6.60. The molecule has 0 aromatic carbocycles. The lowest BCUT2D eigenvalue weighted by atomic mass is 10.2. The van der Waals surface area contributed by atoms with E-state index in [0.717, 1.165) is 13.1 Å². The summed E-state index contributed by atoms with van der Waals surface area (Å²) < 4.78 is 0. The van der Waals surface area contributed by atoms with Crippen molar-refractivity contribution in [1.82, 2.24) is 10.2 Å². The molecule has 0 saturated carbocycles. The Hall–Kier alpha value is -0.610. The van der Waals surface area contributed by atoms with Crippen LogP contribution in [0.5, 0.6) is 0 Å². The van der Waals surface area contributed by atoms with E-state index in [4.69, 9.17) is 5.73 Å². The van der Waals surface area contributed by atoms with Crippen LogP contribution in [0.15, 0.2) is 0 Å². The average Bonchev–Trinajstić information content (AvgIpc) is 2.15. The van der Waals surface area contributed by atoms with Crippen LogP contribution in [0.4, 0.5) is 0 Å². The number of rotatable bonds is 7. The Balaban J connectivity index is 3.52. The summed E-state index contributed by atoms with van der Waals surface area (Å²) in [5.74, 6) is 0.619. The van der Waals surface area contributed by atoms with Gasteiger partial charge in [0.15, 0.2) is 0 Å². The van der Waals surface area contributed by atoms with Gasteiger partial charge in [-0.15, -0.1) is 0 Å². The number of hydrogen-bond acceptors (Lipinski definition) is 3. The topological polar surface area (TPSA) is 58.4 Å². The van der Waals surface area contributed by atoms with E-state index in [1.165, 1.54) is 0 Å². The lowest BCUT2D eigenvalue weighted by Gasteiger charge is -2.19. The van der Waals surface area contributed by atoms with Gasteiger partial charge in [-0.2, -0.15) is 0 Å². The molecule has 0 aliphatic heterocycles. The second-order valence-electron chi connectivity index (χ2n) is 3.81. The van der Waals surface area contributed by atoms with Gasteiger partial charge in [0.25, 0.3) is 0 Å². The van der Waals surface area contributed by atoms with Crippen molar-refractivity contribution in [2.75, 3.05) is 33.2 Å². The zero-order valence-electron chi connectivity index (χ0n) is 9.55. The molecule has 0 aliphatic rings. The summed E-state index contributed by atoms with van der Waals surface area (Å²) in [6, 6.07) is 0. The summed E-state index contributed by atoms with van der Waals surface area (Å²) in [6.45, 7) is 7.21. The van der Waals surface area contributed by atoms with Gasteiger partial charge < -0.3 is 16.0 Å². The van der Waals surface area contributed by atoms with Crippen LogP contribution in [0.3, 0.4) is 0 Å². The molecule has 4 heteroatoms. The number of carbonyl (C=O) groups is 1. The fourth-order valence-electron chi connectivity index (χ4n) is 1.28. The summed E-state index contributed by atoms with van der Waals surface area (Å²) in [7, 11) is 2.02. The van der Waals surface area contributed by atoms with Crippen molar-refractivity contribution in [2.45, 2.75) is 20.3 Å². The van der Waals surface area contributed by atoms with E-state index in [1.54, 1.807) is 0 Å². The molecule has 0 rings (SSSR count). The monoisotopic (exact) mass is 201 g/mol. The van der Waals surface area contributed by atoms with Crippen LogP contribution in [-0.2, 0) is 4.79 Å². The van der Waals surface area contributed by atoms with Crippen molar-refractivity contribution in [3.05, 3.63) is 0 Å². The molecule has 0 aromatic rings. The standard InChI is InChI=1S/C10H23N3O/c1-4-12-10(14)5-6-13(3)8-9(2)7-11/h9H,4-8,11H2,1-3H3,(H,12,14). The van der Waals surface area contributed by atoms with Crippen LogP contribution in [0.25, 0.3) is 0 Å². The van der Waals surface area contributed by atoms with Gasteiger partial charge in [0.1, 0.15) is 0 Å². The predicted molar refractivity (Wildman–Crippen MR) is 59.0 cm³/mol. The highest BCUT2D eigenvalue weighted by atomic mass is 16.1. The highest BCUT2D eigenvalue weighted by molar-refractivity contribution is 5.75. The number of nitrogens with one attached hydrogen (secondary N) is 1. The predicted octanol–water partition coefficient (Wildman–Crippen LogP) is 0.0392. The van der Waals surface area contributed by atoms with E-state index < -0.39 is 0 Å². The van der Waals surface area contributed by atoms with Gasteiger partial charge in [0, 0.05) is 26.1 Å². The third kappa shape index (κ3) is 6.86. The van der Waals surface area contributed by atoms with Crippen LogP contribution in [0.1, 0.15) is 20.3 Å². The summed E-state index contributed by atoms with van der Waals surface area (Å²) >= 11 is 0. The maximum atomic E-state index is 11.1. The molecule has 0 bridgehead atoms. The zero-order valence-corrected chi connectivity index (χ0v) is 9.55. The number of nitrogens with zero attached hydrogens (tertiary/aromatic N) is 1. The van der Waals surface area contributed by atoms with Crippen LogP contribution in [0.2, 0.25) is 0 Å². The molecule has 0 saturated heterocycles. The van der Waals surface area contributed by atoms with E-state index in [9.17, 15) is 4.79 Å². The van der Waals surface area contributed by atoms with Crippen LogP contribution in [-0.4, -0.2) is 44.0 Å². The van der Waals surface area contributed by atoms with Gasteiger partial charge >= 0.3 is 0 Å². The molecule has 1 amide bonds. The van der Waals surface area contributed by atoms with Crippen molar-refractivity contribution in [3.8, 4) is 0 Å². The minimum atomic E-state index is 0.125. The first-order valence-corrected chi connectivity index (χ1v) is 5.25. The molecule has 14 heavy (non-hydrogen) atoms. The molecule has 1 unspecified atom stereocenters. The van der Waals surface area contributed by atoms with Crippen LogP contribution in [0, 0.1) is 5.92 Å². The second-order valence-corrected chi connectivity index (χ2v) is 3.81. The minimum Gasteiger partial charge on any atom is -0.356 e. The van der Waals surface area contributed by atoms with E-state index in [1.807, 2.05) is 14.0 Å². The first kappa shape index (κ1) is 13.4. The Kier molecular flexibility index (Phi) is 7.42. The molecule has 0 heterocycles. The Labute approximate surface area is 86.8 Å². The van der Waals surface area contributed by atoms with E-state index in [0.29, 0.717) is 25.4 Å². The van der Waals surface area contributed by atoms with E-state index >= 15 is 0 Å². The molecule has 3 N–H and O–H groups in total. The Morgan fingerprint density at radius 3 is 2.71 bits per heavy atom. The quantitative estimate of drug-likeness (QED) is 0.611. The molecule has 0 radical (unpaired) electrons. The van der Waals surface area contributed by atoms with Crippen molar-refractivity contribution < 1.29 is 4.79 Å². The van der Waals surface area contributed by atoms with Crippen molar-refractivity contribution in [3.63, 3.8) is 0 Å². The first-order valence-electron chi connectivity index (χ1n) is 5.25. The smallest absolute Gasteiger partial charge is 0.221 e. The normalized spacial score (nSPS) is 12.9. The number of hydrogen-bond donors (Lipinski definition) is 2. The molecule has 0 aliphatic carbocycles. The molecule has 4 nitrogen and oxygen atoms in total. The fourth-order valence-corrected chi connectivity index (χ4v) is 1.28. The minimum absolute atomic E-state index is 0.125. The van der Waals surface area contributed by atoms with Gasteiger partial charge in [0.05, 0.1) is 0 Å². The zero-order chi connectivity index (χ0) is 11.0. The molecular formula is C10H23N3O. The number of amides is 1. The van der Waals surface area contributed by atoms with Gasteiger partial charge in [-0.05, 0) is 26.4 Å². The molecule has 0 aromatic heterocycles. The van der Waals surface area contributed by atoms with Crippen molar-refractivity contribution in [1.29, 1.82) is 0 Å². The van der Waals surface area contributed by atoms with Crippen molar-refractivity contribution >= 4 is 5.91 Å². The summed E-state index contributed by atoms with van der Waals surface area (Å²) in [5, 5.41) is 2.78. The largest absolute Gasteiger partial charge is 0.356 e. The molecule has 1 atom stereocenters. The highest BCUT2D eigenvalue weighted by Crippen LogP contribution is 1.96. The third-order valence-electron chi connectivity index (χ3n) is 2.12. The van der Waals surface area contributed by atoms with Gasteiger partial charge in [-0.3, -0.25) is 4.79 Å². The number of carbonyl (C=O) groups excluding carboxylic acids is 1. The summed E-state index contributed by atoms with van der Waals surface area (Å²) in [6.07, 6.45) is 0.571. The lowest BCUT2D eigenvalue weighted by molar-refractivity contribution is -0.121. The molecular weight excluding hydrogens is 178 g/mol. The molecule has 0 spiro atoms. The van der Waals surface area contributed by atoms with E-state index in [-0.39, 0.29) is 5.91 Å². The Morgan fingerprint density at radius 1 is 1.57 bits per heavy atom. The second kappa shape index (κ2) is 7.76. The summed E-state index contributed by atoms with van der Waals surface area (Å²) in [4.78, 5) is 13.3. The van der Waals surface area contributed by atoms with Crippen molar-refractivity contribution in [2.24, 2.45) is 11.7 Å². The molecule has 0 fully saturated rings. The van der Waals surface area contributed by atoms with E-state index in [2.05, 4.69) is 17.1 Å². The average molecular weight is 201 g/mol. The highest BCUT2D eigenvalue weighted by Gasteiger charge is 2.06. The van der Waals surface area contributed by atoms with Crippen LogP contribution >= 0.6 is 0 Å². The molecule has 84 valence electrons.